The Morgan fingerprint density at radius 2 is 1.89 bits per heavy atom. The maximum atomic E-state index is 13.5. The molecule has 28 heavy (non-hydrogen) atoms. The SMILES string of the molecule is Cl.Cl.NC1CCCC1C(=O)NCc1ccc(N2CCOCC2)cc1C(F)(F)F. The molecule has 1 aromatic carbocycles. The first-order chi connectivity index (χ1) is 12.4. The van der Waals surface area contributed by atoms with Crippen LogP contribution >= 0.6 is 24.8 Å². The number of alkyl halides is 3. The number of carbonyl (C=O) groups excluding carboxylic acids is 1. The fourth-order valence-electron chi connectivity index (χ4n) is 3.63. The molecule has 160 valence electrons. The first kappa shape index (κ1) is 24.8. The molecule has 1 saturated carbocycles. The zero-order valence-electron chi connectivity index (χ0n) is 15.3. The maximum Gasteiger partial charge on any atom is 0.416 e. The maximum absolute atomic E-state index is 13.5. The number of hydrogen-bond donors (Lipinski definition) is 2. The molecule has 1 aliphatic carbocycles. The lowest BCUT2D eigenvalue weighted by Crippen LogP contribution is -2.38. The number of amides is 1. The van der Waals surface area contributed by atoms with Gasteiger partial charge >= 0.3 is 6.18 Å². The Morgan fingerprint density at radius 3 is 2.46 bits per heavy atom. The highest BCUT2D eigenvalue weighted by Crippen LogP contribution is 2.35. The number of nitrogens with zero attached hydrogens (tertiary/aromatic N) is 1. The normalized spacial score (nSPS) is 22.2. The number of hydrogen-bond acceptors (Lipinski definition) is 4. The summed E-state index contributed by atoms with van der Waals surface area (Å²) in [5.41, 5.74) is 5.77. The van der Waals surface area contributed by atoms with Gasteiger partial charge in [0.05, 0.1) is 24.7 Å². The molecule has 10 heteroatoms. The molecular formula is C18H26Cl2F3N3O2. The molecule has 1 heterocycles. The quantitative estimate of drug-likeness (QED) is 0.749. The van der Waals surface area contributed by atoms with E-state index >= 15 is 0 Å². The largest absolute Gasteiger partial charge is 0.416 e. The molecule has 2 aliphatic rings. The van der Waals surface area contributed by atoms with Crippen molar-refractivity contribution in [2.75, 3.05) is 31.2 Å². The number of nitrogens with one attached hydrogen (secondary N) is 1. The zero-order chi connectivity index (χ0) is 18.7. The highest BCUT2D eigenvalue weighted by molar-refractivity contribution is 5.85. The van der Waals surface area contributed by atoms with E-state index in [-0.39, 0.29) is 54.8 Å². The van der Waals surface area contributed by atoms with Gasteiger partial charge in [0.15, 0.2) is 0 Å². The molecule has 3 N–H and O–H groups in total. The average Bonchev–Trinajstić information content (AvgIpc) is 3.05. The standard InChI is InChI=1S/C18H24F3N3O2.2ClH/c19-18(20,21)15-10-13(24-6-8-26-9-7-24)5-4-12(15)11-23-17(25)14-2-1-3-16(14)22;;/h4-5,10,14,16H,1-3,6-9,11,22H2,(H,23,25);2*1H. The molecule has 1 aliphatic heterocycles. The van der Waals surface area contributed by atoms with Crippen LogP contribution in [0.2, 0.25) is 0 Å². The lowest BCUT2D eigenvalue weighted by atomic mass is 10.0. The number of nitrogens with two attached hydrogens (primary N) is 1. The van der Waals surface area contributed by atoms with Gasteiger partial charge in [-0.05, 0) is 30.5 Å². The summed E-state index contributed by atoms with van der Waals surface area (Å²) in [6.45, 7) is 1.97. The summed E-state index contributed by atoms with van der Waals surface area (Å²) in [6, 6.07) is 4.07. The van der Waals surface area contributed by atoms with Gasteiger partial charge in [0, 0.05) is 31.4 Å². The summed E-state index contributed by atoms with van der Waals surface area (Å²) in [7, 11) is 0. The molecule has 2 fully saturated rings. The summed E-state index contributed by atoms with van der Waals surface area (Å²) in [5, 5.41) is 2.63. The molecule has 1 aromatic rings. The molecule has 0 spiro atoms. The van der Waals surface area contributed by atoms with E-state index in [0.29, 0.717) is 38.4 Å². The Labute approximate surface area is 175 Å². The number of benzene rings is 1. The van der Waals surface area contributed by atoms with Gasteiger partial charge in [0.1, 0.15) is 0 Å². The zero-order valence-corrected chi connectivity index (χ0v) is 17.0. The molecule has 0 radical (unpaired) electrons. The molecule has 0 aromatic heterocycles. The third-order valence-corrected chi connectivity index (χ3v) is 5.13. The number of carbonyl (C=O) groups is 1. The number of morpholine rings is 1. The van der Waals surface area contributed by atoms with Crippen LogP contribution in [0.3, 0.4) is 0 Å². The number of ether oxygens (including phenoxy) is 1. The van der Waals surface area contributed by atoms with Gasteiger partial charge in [-0.25, -0.2) is 0 Å². The predicted octanol–water partition coefficient (Wildman–Crippen LogP) is 3.13. The third-order valence-electron chi connectivity index (χ3n) is 5.13. The van der Waals surface area contributed by atoms with E-state index in [0.717, 1.165) is 18.9 Å². The fourth-order valence-corrected chi connectivity index (χ4v) is 3.63. The van der Waals surface area contributed by atoms with Crippen LogP contribution in [0.1, 0.15) is 30.4 Å². The Balaban J connectivity index is 0.00000196. The van der Waals surface area contributed by atoms with Crippen molar-refractivity contribution in [1.29, 1.82) is 0 Å². The molecule has 1 amide bonds. The second kappa shape index (κ2) is 10.5. The van der Waals surface area contributed by atoms with E-state index in [9.17, 15) is 18.0 Å². The van der Waals surface area contributed by atoms with Crippen molar-refractivity contribution in [2.24, 2.45) is 11.7 Å². The summed E-state index contributed by atoms with van der Waals surface area (Å²) >= 11 is 0. The molecule has 0 bridgehead atoms. The third kappa shape index (κ3) is 5.89. The van der Waals surface area contributed by atoms with Crippen molar-refractivity contribution in [1.82, 2.24) is 5.32 Å². The smallest absolute Gasteiger partial charge is 0.378 e. The van der Waals surface area contributed by atoms with Crippen molar-refractivity contribution >= 4 is 36.4 Å². The van der Waals surface area contributed by atoms with Crippen molar-refractivity contribution in [3.63, 3.8) is 0 Å². The second-order valence-electron chi connectivity index (χ2n) is 6.86. The monoisotopic (exact) mass is 443 g/mol. The van der Waals surface area contributed by atoms with Gasteiger partial charge in [-0.1, -0.05) is 12.5 Å². The van der Waals surface area contributed by atoms with E-state index in [1.54, 1.807) is 6.07 Å². The number of rotatable bonds is 4. The molecule has 1 saturated heterocycles. The van der Waals surface area contributed by atoms with Crippen molar-refractivity contribution in [3.05, 3.63) is 29.3 Å². The highest BCUT2D eigenvalue weighted by Gasteiger charge is 2.35. The summed E-state index contributed by atoms with van der Waals surface area (Å²) in [4.78, 5) is 14.1. The van der Waals surface area contributed by atoms with Crippen LogP contribution in [0.15, 0.2) is 18.2 Å². The fraction of sp³-hybridized carbons (Fsp3) is 0.611. The summed E-state index contributed by atoms with van der Waals surface area (Å²) < 4.78 is 45.8. The predicted molar refractivity (Wildman–Crippen MR) is 106 cm³/mol. The number of halogens is 5. The van der Waals surface area contributed by atoms with Crippen LogP contribution in [-0.4, -0.2) is 38.3 Å². The summed E-state index contributed by atoms with van der Waals surface area (Å²) in [5.74, 6) is -0.572. The minimum absolute atomic E-state index is 0. The van der Waals surface area contributed by atoms with Crippen LogP contribution in [0.4, 0.5) is 18.9 Å². The topological polar surface area (TPSA) is 67.6 Å². The first-order valence-electron chi connectivity index (χ1n) is 8.92. The van der Waals surface area contributed by atoms with Gasteiger partial charge < -0.3 is 20.7 Å². The first-order valence-corrected chi connectivity index (χ1v) is 8.92. The van der Waals surface area contributed by atoms with E-state index < -0.39 is 11.7 Å². The molecule has 3 rings (SSSR count). The highest BCUT2D eigenvalue weighted by atomic mass is 35.5. The van der Waals surface area contributed by atoms with Gasteiger partial charge in [0.25, 0.3) is 0 Å². The van der Waals surface area contributed by atoms with E-state index in [4.69, 9.17) is 10.5 Å². The van der Waals surface area contributed by atoms with E-state index in [1.807, 2.05) is 4.90 Å². The second-order valence-corrected chi connectivity index (χ2v) is 6.86. The van der Waals surface area contributed by atoms with Crippen LogP contribution < -0.4 is 16.0 Å². The van der Waals surface area contributed by atoms with Crippen molar-refractivity contribution in [2.45, 2.75) is 38.0 Å². The number of anilines is 1. The molecule has 2 atom stereocenters. The molecule has 2 unspecified atom stereocenters. The van der Waals surface area contributed by atoms with Gasteiger partial charge in [-0.3, -0.25) is 4.79 Å². The van der Waals surface area contributed by atoms with Crippen LogP contribution in [0, 0.1) is 5.92 Å². The van der Waals surface area contributed by atoms with Gasteiger partial charge in [-0.15, -0.1) is 24.8 Å². The minimum Gasteiger partial charge on any atom is -0.378 e. The van der Waals surface area contributed by atoms with Gasteiger partial charge in [0.2, 0.25) is 5.91 Å². The lowest BCUT2D eigenvalue weighted by molar-refractivity contribution is -0.138. The van der Waals surface area contributed by atoms with Crippen LogP contribution in [0.5, 0.6) is 0 Å². The Bertz CT molecular complexity index is 655. The lowest BCUT2D eigenvalue weighted by Gasteiger charge is -2.29. The average molecular weight is 444 g/mol. The Hall–Kier alpha value is -1.22. The Morgan fingerprint density at radius 1 is 1.21 bits per heavy atom. The molecular weight excluding hydrogens is 418 g/mol. The van der Waals surface area contributed by atoms with Crippen molar-refractivity contribution < 1.29 is 22.7 Å². The summed E-state index contributed by atoms with van der Waals surface area (Å²) in [6.07, 6.45) is -2.14. The van der Waals surface area contributed by atoms with Crippen molar-refractivity contribution in [3.8, 4) is 0 Å². The molecule has 5 nitrogen and oxygen atoms in total. The van der Waals surface area contributed by atoms with E-state index in [1.165, 1.54) is 6.07 Å². The Kier molecular flexibility index (Phi) is 9.33. The van der Waals surface area contributed by atoms with Gasteiger partial charge in [-0.2, -0.15) is 13.2 Å². The van der Waals surface area contributed by atoms with Crippen LogP contribution in [-0.2, 0) is 22.3 Å². The minimum atomic E-state index is -4.48. The van der Waals surface area contributed by atoms with Crippen LogP contribution in [0.25, 0.3) is 0 Å². The van der Waals surface area contributed by atoms with E-state index in [2.05, 4.69) is 5.32 Å².